The first-order valence-electron chi connectivity index (χ1n) is 9.88. The molecule has 30 heavy (non-hydrogen) atoms. The van der Waals surface area contributed by atoms with Crippen LogP contribution >= 0.6 is 28.1 Å². The molecular formula is C22H23BrN4O2S. The quantitative estimate of drug-likeness (QED) is 0.532. The summed E-state index contributed by atoms with van der Waals surface area (Å²) in [6.45, 7) is 4.23. The number of aryl methyl sites for hydroxylation is 1. The maximum absolute atomic E-state index is 12.9. The zero-order valence-electron chi connectivity index (χ0n) is 16.7. The number of nitrogens with zero attached hydrogens (tertiary/aromatic N) is 3. The molecule has 1 N–H and O–H groups in total. The van der Waals surface area contributed by atoms with Gasteiger partial charge in [0.2, 0.25) is 5.91 Å². The number of carbonyl (C=O) groups excluding carboxylic acids is 1. The molecule has 0 spiro atoms. The molecular weight excluding hydrogens is 464 g/mol. The van der Waals surface area contributed by atoms with Crippen molar-refractivity contribution in [3.63, 3.8) is 0 Å². The zero-order valence-corrected chi connectivity index (χ0v) is 19.1. The summed E-state index contributed by atoms with van der Waals surface area (Å²) in [6.07, 6.45) is 0.259. The fourth-order valence-electron chi connectivity index (χ4n) is 3.57. The van der Waals surface area contributed by atoms with E-state index in [1.54, 1.807) is 0 Å². The first-order chi connectivity index (χ1) is 14.5. The summed E-state index contributed by atoms with van der Waals surface area (Å²) in [5.41, 5.74) is 3.23. The number of nitrogens with one attached hydrogen (secondary N) is 1. The topological polar surface area (TPSA) is 63.2 Å². The number of hydrogen-bond donors (Lipinski definition) is 1. The van der Waals surface area contributed by atoms with Crippen molar-refractivity contribution < 1.29 is 9.53 Å². The van der Waals surface area contributed by atoms with Gasteiger partial charge in [0.05, 0.1) is 13.2 Å². The van der Waals surface area contributed by atoms with E-state index in [-0.39, 0.29) is 12.0 Å². The van der Waals surface area contributed by atoms with Crippen LogP contribution in [-0.4, -0.2) is 45.3 Å². The first-order valence-corrected chi connectivity index (χ1v) is 11.1. The van der Waals surface area contributed by atoms with Gasteiger partial charge in [0, 0.05) is 29.5 Å². The summed E-state index contributed by atoms with van der Waals surface area (Å²) in [5, 5.41) is 7.22. The summed E-state index contributed by atoms with van der Waals surface area (Å²) >= 11 is 8.85. The van der Waals surface area contributed by atoms with E-state index in [9.17, 15) is 4.79 Å². The van der Waals surface area contributed by atoms with Gasteiger partial charge in [-0.2, -0.15) is 5.10 Å². The standard InChI is InChI=1S/C22H23BrN4O2S/c1-15-2-4-17(5-3-15)21-24-25-22(30)27(21)11-10-20(28)26-12-13-29-19(14-26)16-6-8-18(23)9-7-16/h2-9,19H,10-14H2,1H3,(H,25,30). The van der Waals surface area contributed by atoms with Gasteiger partial charge < -0.3 is 9.64 Å². The lowest BCUT2D eigenvalue weighted by Crippen LogP contribution is -2.42. The van der Waals surface area contributed by atoms with Crippen LogP contribution in [0.3, 0.4) is 0 Å². The van der Waals surface area contributed by atoms with Crippen molar-refractivity contribution in [1.82, 2.24) is 19.7 Å². The van der Waals surface area contributed by atoms with Crippen LogP contribution in [0, 0.1) is 11.7 Å². The lowest BCUT2D eigenvalue weighted by molar-refractivity contribution is -0.139. The van der Waals surface area contributed by atoms with Crippen molar-refractivity contribution in [1.29, 1.82) is 0 Å². The Labute approximate surface area is 189 Å². The van der Waals surface area contributed by atoms with Gasteiger partial charge in [0.15, 0.2) is 10.6 Å². The van der Waals surface area contributed by atoms with Gasteiger partial charge in [-0.1, -0.05) is 57.9 Å². The lowest BCUT2D eigenvalue weighted by Gasteiger charge is -2.33. The van der Waals surface area contributed by atoms with Crippen LogP contribution in [0.2, 0.25) is 0 Å². The Morgan fingerprint density at radius 3 is 2.70 bits per heavy atom. The molecule has 0 radical (unpaired) electrons. The summed E-state index contributed by atoms with van der Waals surface area (Å²) in [4.78, 5) is 14.8. The van der Waals surface area contributed by atoms with Crippen LogP contribution in [0.25, 0.3) is 11.4 Å². The first kappa shape index (κ1) is 21.0. The summed E-state index contributed by atoms with van der Waals surface area (Å²) in [5.74, 6) is 0.848. The maximum atomic E-state index is 12.9. The molecule has 0 bridgehead atoms. The van der Waals surface area contributed by atoms with Crippen molar-refractivity contribution in [2.45, 2.75) is 26.0 Å². The van der Waals surface area contributed by atoms with E-state index in [4.69, 9.17) is 17.0 Å². The molecule has 1 aliphatic heterocycles. The van der Waals surface area contributed by atoms with Crippen molar-refractivity contribution in [3.05, 3.63) is 68.9 Å². The normalized spacial score (nSPS) is 16.6. The highest BCUT2D eigenvalue weighted by atomic mass is 79.9. The number of hydrogen-bond acceptors (Lipinski definition) is 4. The molecule has 0 saturated carbocycles. The molecule has 4 rings (SSSR count). The van der Waals surface area contributed by atoms with Gasteiger partial charge in [0.25, 0.3) is 0 Å². The Kier molecular flexibility index (Phi) is 6.46. The van der Waals surface area contributed by atoms with E-state index in [0.29, 0.717) is 37.4 Å². The predicted molar refractivity (Wildman–Crippen MR) is 122 cm³/mol. The second-order valence-electron chi connectivity index (χ2n) is 7.37. The second-order valence-corrected chi connectivity index (χ2v) is 8.67. The van der Waals surface area contributed by atoms with Crippen LogP contribution < -0.4 is 0 Å². The van der Waals surface area contributed by atoms with Gasteiger partial charge in [0.1, 0.15) is 6.10 Å². The lowest BCUT2D eigenvalue weighted by atomic mass is 10.1. The molecule has 1 amide bonds. The molecule has 1 fully saturated rings. The number of morpholine rings is 1. The number of benzene rings is 2. The molecule has 1 atom stereocenters. The third-order valence-corrected chi connectivity index (χ3v) is 6.12. The van der Waals surface area contributed by atoms with Gasteiger partial charge in [-0.3, -0.25) is 14.5 Å². The largest absolute Gasteiger partial charge is 0.370 e. The van der Waals surface area contributed by atoms with E-state index in [2.05, 4.69) is 26.1 Å². The monoisotopic (exact) mass is 486 g/mol. The smallest absolute Gasteiger partial charge is 0.224 e. The number of ether oxygens (including phenoxy) is 1. The number of carbonyl (C=O) groups is 1. The molecule has 3 aromatic rings. The van der Waals surface area contributed by atoms with E-state index in [0.717, 1.165) is 21.4 Å². The Morgan fingerprint density at radius 1 is 1.23 bits per heavy atom. The molecule has 1 saturated heterocycles. The maximum Gasteiger partial charge on any atom is 0.224 e. The van der Waals surface area contributed by atoms with Crippen LogP contribution in [0.4, 0.5) is 0 Å². The molecule has 6 nitrogen and oxygen atoms in total. The van der Waals surface area contributed by atoms with Crippen molar-refractivity contribution in [2.75, 3.05) is 19.7 Å². The van der Waals surface area contributed by atoms with Gasteiger partial charge >= 0.3 is 0 Å². The number of halogens is 1. The van der Waals surface area contributed by atoms with Crippen molar-refractivity contribution >= 4 is 34.1 Å². The van der Waals surface area contributed by atoms with Gasteiger partial charge in [-0.05, 0) is 36.8 Å². The third kappa shape index (κ3) is 4.71. The Morgan fingerprint density at radius 2 is 1.97 bits per heavy atom. The van der Waals surface area contributed by atoms with E-state index in [1.165, 1.54) is 5.56 Å². The van der Waals surface area contributed by atoms with Crippen molar-refractivity contribution in [2.24, 2.45) is 0 Å². The average molecular weight is 487 g/mol. The highest BCUT2D eigenvalue weighted by Crippen LogP contribution is 2.24. The minimum Gasteiger partial charge on any atom is -0.370 e. The molecule has 1 aliphatic rings. The molecule has 156 valence electrons. The summed E-state index contributed by atoms with van der Waals surface area (Å²) in [6, 6.07) is 16.2. The summed E-state index contributed by atoms with van der Waals surface area (Å²) in [7, 11) is 0. The molecule has 2 aromatic carbocycles. The number of H-pyrrole nitrogens is 1. The van der Waals surface area contributed by atoms with Gasteiger partial charge in [-0.25, -0.2) is 0 Å². The van der Waals surface area contributed by atoms with Crippen LogP contribution in [-0.2, 0) is 16.1 Å². The Bertz CT molecular complexity index is 1080. The van der Waals surface area contributed by atoms with Crippen molar-refractivity contribution in [3.8, 4) is 11.4 Å². The van der Waals surface area contributed by atoms with Crippen LogP contribution in [0.15, 0.2) is 53.0 Å². The third-order valence-electron chi connectivity index (χ3n) is 5.28. The van der Waals surface area contributed by atoms with Crippen LogP contribution in [0.1, 0.15) is 23.7 Å². The SMILES string of the molecule is Cc1ccc(-c2n[nH]c(=S)n2CCC(=O)N2CCOC(c3ccc(Br)cc3)C2)cc1. The number of aromatic nitrogens is 3. The van der Waals surface area contributed by atoms with E-state index >= 15 is 0 Å². The second kappa shape index (κ2) is 9.24. The highest BCUT2D eigenvalue weighted by molar-refractivity contribution is 9.10. The average Bonchev–Trinajstić information content (AvgIpc) is 3.13. The highest BCUT2D eigenvalue weighted by Gasteiger charge is 2.25. The molecule has 8 heteroatoms. The van der Waals surface area contributed by atoms with Gasteiger partial charge in [-0.15, -0.1) is 0 Å². The van der Waals surface area contributed by atoms with E-state index < -0.39 is 0 Å². The number of aromatic amines is 1. The van der Waals surface area contributed by atoms with Crippen LogP contribution in [0.5, 0.6) is 0 Å². The fourth-order valence-corrected chi connectivity index (χ4v) is 4.06. The Balaban J connectivity index is 1.42. The fraction of sp³-hybridized carbons (Fsp3) is 0.318. The molecule has 0 aliphatic carbocycles. The minimum absolute atomic E-state index is 0.0957. The molecule has 1 aromatic heterocycles. The minimum atomic E-state index is -0.102. The predicted octanol–water partition coefficient (Wildman–Crippen LogP) is 4.67. The number of amides is 1. The summed E-state index contributed by atoms with van der Waals surface area (Å²) < 4.78 is 9.33. The Hall–Kier alpha value is -2.29. The van der Waals surface area contributed by atoms with E-state index in [1.807, 2.05) is 64.9 Å². The molecule has 1 unspecified atom stereocenters. The molecule has 2 heterocycles. The number of rotatable bonds is 5. The zero-order chi connectivity index (χ0) is 21.1.